The summed E-state index contributed by atoms with van der Waals surface area (Å²) in [7, 11) is 0. The molecule has 0 N–H and O–H groups in total. The van der Waals surface area contributed by atoms with E-state index in [1.165, 1.54) is 10.9 Å². The number of aromatic nitrogens is 1. The Labute approximate surface area is 144 Å². The van der Waals surface area contributed by atoms with Crippen LogP contribution in [0.4, 0.5) is 0 Å². The molecule has 4 nitrogen and oxygen atoms in total. The zero-order valence-electron chi connectivity index (χ0n) is 15.2. The number of hydrogen-bond acceptors (Lipinski definition) is 3. The van der Waals surface area contributed by atoms with Crippen LogP contribution in [0.25, 0.3) is 10.9 Å². The van der Waals surface area contributed by atoms with E-state index < -0.39 is 0 Å². The molecular formula is C20H27N3O. The summed E-state index contributed by atoms with van der Waals surface area (Å²) in [5, 5.41) is 1.23. The van der Waals surface area contributed by atoms with Gasteiger partial charge in [-0.05, 0) is 24.6 Å². The highest BCUT2D eigenvalue weighted by Crippen LogP contribution is 2.22. The van der Waals surface area contributed by atoms with Crippen molar-refractivity contribution in [2.45, 2.75) is 34.2 Å². The van der Waals surface area contributed by atoms with Crippen LogP contribution >= 0.6 is 0 Å². The average Bonchev–Trinajstić information content (AvgIpc) is 2.54. The highest BCUT2D eigenvalue weighted by Gasteiger charge is 2.29. The molecule has 1 amide bonds. The molecule has 0 atom stereocenters. The van der Waals surface area contributed by atoms with Gasteiger partial charge in [-0.25, -0.2) is 0 Å². The minimum atomic E-state index is -0.291. The number of amides is 1. The fourth-order valence-corrected chi connectivity index (χ4v) is 3.35. The van der Waals surface area contributed by atoms with Crippen molar-refractivity contribution in [3.8, 4) is 0 Å². The van der Waals surface area contributed by atoms with Crippen molar-refractivity contribution >= 4 is 16.8 Å². The zero-order valence-corrected chi connectivity index (χ0v) is 15.2. The molecule has 0 saturated carbocycles. The summed E-state index contributed by atoms with van der Waals surface area (Å²) in [5.41, 5.74) is 3.16. The van der Waals surface area contributed by atoms with E-state index in [4.69, 9.17) is 0 Å². The van der Waals surface area contributed by atoms with E-state index >= 15 is 0 Å². The van der Waals surface area contributed by atoms with Gasteiger partial charge in [0.05, 0.1) is 5.52 Å². The number of fused-ring (bicyclic) bond motifs is 1. The predicted molar refractivity (Wildman–Crippen MR) is 97.8 cm³/mol. The topological polar surface area (TPSA) is 36.4 Å². The third-order valence-electron chi connectivity index (χ3n) is 4.62. The number of rotatable bonds is 2. The number of aryl methyl sites for hydroxylation is 1. The molecule has 0 spiro atoms. The summed E-state index contributed by atoms with van der Waals surface area (Å²) in [6.07, 6.45) is 0. The van der Waals surface area contributed by atoms with Gasteiger partial charge < -0.3 is 4.90 Å². The molecule has 1 aromatic carbocycles. The molecule has 128 valence electrons. The maximum atomic E-state index is 12.4. The van der Waals surface area contributed by atoms with E-state index in [9.17, 15) is 4.79 Å². The fourth-order valence-electron chi connectivity index (χ4n) is 3.35. The molecule has 1 fully saturated rings. The minimum absolute atomic E-state index is 0.257. The first-order chi connectivity index (χ1) is 11.3. The Morgan fingerprint density at radius 3 is 2.46 bits per heavy atom. The first-order valence-electron chi connectivity index (χ1n) is 8.71. The summed E-state index contributed by atoms with van der Waals surface area (Å²) >= 11 is 0. The third kappa shape index (κ3) is 3.59. The Morgan fingerprint density at radius 1 is 1.12 bits per heavy atom. The smallest absolute Gasteiger partial charge is 0.228 e. The first-order valence-corrected chi connectivity index (χ1v) is 8.71. The SMILES string of the molecule is Cc1cc(CN2CCN(C(=O)C(C)(C)C)CC2)c2ccccc2n1. The lowest BCUT2D eigenvalue weighted by atomic mass is 9.94. The lowest BCUT2D eigenvalue weighted by molar-refractivity contribution is -0.141. The molecule has 3 rings (SSSR count). The second kappa shape index (κ2) is 6.52. The molecule has 1 aliphatic rings. The normalized spacial score (nSPS) is 16.6. The Hall–Kier alpha value is -1.94. The van der Waals surface area contributed by atoms with Gasteiger partial charge in [-0.3, -0.25) is 14.7 Å². The molecule has 24 heavy (non-hydrogen) atoms. The monoisotopic (exact) mass is 325 g/mol. The summed E-state index contributed by atoms with van der Waals surface area (Å²) in [6, 6.07) is 10.5. The van der Waals surface area contributed by atoms with Crippen molar-refractivity contribution in [3.05, 3.63) is 41.6 Å². The Morgan fingerprint density at radius 2 is 1.79 bits per heavy atom. The van der Waals surface area contributed by atoms with E-state index in [-0.39, 0.29) is 11.3 Å². The van der Waals surface area contributed by atoms with Gasteiger partial charge in [0.1, 0.15) is 0 Å². The van der Waals surface area contributed by atoms with Crippen LogP contribution in [0.5, 0.6) is 0 Å². The van der Waals surface area contributed by atoms with Crippen LogP contribution in [-0.2, 0) is 11.3 Å². The molecule has 1 aliphatic heterocycles. The number of carbonyl (C=O) groups is 1. The van der Waals surface area contributed by atoms with Crippen molar-refractivity contribution in [1.29, 1.82) is 0 Å². The van der Waals surface area contributed by atoms with Crippen LogP contribution in [-0.4, -0.2) is 46.9 Å². The summed E-state index contributed by atoms with van der Waals surface area (Å²) in [4.78, 5) is 21.5. The molecule has 0 aliphatic carbocycles. The lowest BCUT2D eigenvalue weighted by Crippen LogP contribution is -2.51. The molecule has 0 radical (unpaired) electrons. The highest BCUT2D eigenvalue weighted by molar-refractivity contribution is 5.82. The Bertz CT molecular complexity index is 740. The number of piperazine rings is 1. The Kier molecular flexibility index (Phi) is 4.59. The van der Waals surface area contributed by atoms with Crippen molar-refractivity contribution in [1.82, 2.24) is 14.8 Å². The third-order valence-corrected chi connectivity index (χ3v) is 4.62. The van der Waals surface area contributed by atoms with Crippen molar-refractivity contribution in [3.63, 3.8) is 0 Å². The molecule has 2 heterocycles. The van der Waals surface area contributed by atoms with Crippen LogP contribution in [0.3, 0.4) is 0 Å². The van der Waals surface area contributed by atoms with Gasteiger partial charge in [0.15, 0.2) is 0 Å². The van der Waals surface area contributed by atoms with Gasteiger partial charge in [-0.1, -0.05) is 39.0 Å². The average molecular weight is 325 g/mol. The van der Waals surface area contributed by atoms with Crippen molar-refractivity contribution in [2.24, 2.45) is 5.41 Å². The van der Waals surface area contributed by atoms with E-state index in [0.29, 0.717) is 0 Å². The molecule has 1 saturated heterocycles. The van der Waals surface area contributed by atoms with Crippen LogP contribution in [0.15, 0.2) is 30.3 Å². The number of nitrogens with zero attached hydrogens (tertiary/aromatic N) is 3. The van der Waals surface area contributed by atoms with Crippen LogP contribution in [0, 0.1) is 12.3 Å². The largest absolute Gasteiger partial charge is 0.340 e. The maximum Gasteiger partial charge on any atom is 0.228 e. The van der Waals surface area contributed by atoms with Crippen LogP contribution < -0.4 is 0 Å². The van der Waals surface area contributed by atoms with E-state index in [1.807, 2.05) is 31.7 Å². The predicted octanol–water partition coefficient (Wildman–Crippen LogP) is 3.23. The van der Waals surface area contributed by atoms with E-state index in [2.05, 4.69) is 41.1 Å². The zero-order chi connectivity index (χ0) is 17.3. The molecule has 0 unspecified atom stereocenters. The van der Waals surface area contributed by atoms with E-state index in [0.717, 1.165) is 43.9 Å². The standard InChI is InChI=1S/C20H27N3O/c1-15-13-16(17-7-5-6-8-18(17)21-15)14-22-9-11-23(12-10-22)19(24)20(2,3)4/h5-8,13H,9-12,14H2,1-4H3. The summed E-state index contributed by atoms with van der Waals surface area (Å²) in [5.74, 6) is 0.257. The molecule has 4 heteroatoms. The Balaban J connectivity index is 1.70. The molecular weight excluding hydrogens is 298 g/mol. The lowest BCUT2D eigenvalue weighted by Gasteiger charge is -2.37. The van der Waals surface area contributed by atoms with Gasteiger partial charge in [-0.2, -0.15) is 0 Å². The molecule has 2 aromatic rings. The van der Waals surface area contributed by atoms with Gasteiger partial charge in [0.2, 0.25) is 5.91 Å². The fraction of sp³-hybridized carbons (Fsp3) is 0.500. The van der Waals surface area contributed by atoms with Crippen LogP contribution in [0.2, 0.25) is 0 Å². The quantitative estimate of drug-likeness (QED) is 0.850. The van der Waals surface area contributed by atoms with Gasteiger partial charge in [0, 0.05) is 49.2 Å². The van der Waals surface area contributed by atoms with Crippen molar-refractivity contribution in [2.75, 3.05) is 26.2 Å². The van der Waals surface area contributed by atoms with Crippen molar-refractivity contribution < 1.29 is 4.79 Å². The van der Waals surface area contributed by atoms with E-state index in [1.54, 1.807) is 0 Å². The number of benzene rings is 1. The van der Waals surface area contributed by atoms with Gasteiger partial charge >= 0.3 is 0 Å². The molecule has 1 aromatic heterocycles. The number of carbonyl (C=O) groups excluding carboxylic acids is 1. The second-order valence-corrected chi connectivity index (χ2v) is 7.76. The number of pyridine rings is 1. The van der Waals surface area contributed by atoms with Gasteiger partial charge in [0.25, 0.3) is 0 Å². The highest BCUT2D eigenvalue weighted by atomic mass is 16.2. The number of para-hydroxylation sites is 1. The summed E-state index contributed by atoms with van der Waals surface area (Å²) in [6.45, 7) is 12.4. The molecule has 0 bridgehead atoms. The number of hydrogen-bond donors (Lipinski definition) is 0. The first kappa shape index (κ1) is 16.9. The summed E-state index contributed by atoms with van der Waals surface area (Å²) < 4.78 is 0. The van der Waals surface area contributed by atoms with Gasteiger partial charge in [-0.15, -0.1) is 0 Å². The maximum absolute atomic E-state index is 12.4. The minimum Gasteiger partial charge on any atom is -0.340 e. The second-order valence-electron chi connectivity index (χ2n) is 7.76. The van der Waals surface area contributed by atoms with Crippen LogP contribution in [0.1, 0.15) is 32.0 Å².